The molecule has 1 aromatic rings. The molecule has 19 nitrogen and oxygen atoms in total. The molecule has 0 atom stereocenters. The Hall–Kier alpha value is -1.64. The number of carbonyl (C=O) groups is 2. The van der Waals surface area contributed by atoms with Crippen molar-refractivity contribution in [2.24, 2.45) is 29.6 Å². The fourth-order valence-corrected chi connectivity index (χ4v) is 1.70. The lowest BCUT2D eigenvalue weighted by molar-refractivity contribution is -0.148. The normalized spacial score (nSPS) is 7.76. The summed E-state index contributed by atoms with van der Waals surface area (Å²) in [6.07, 6.45) is 5.45. The van der Waals surface area contributed by atoms with Crippen LogP contribution in [0.5, 0.6) is 0 Å². The van der Waals surface area contributed by atoms with E-state index in [1.165, 1.54) is 17.7 Å². The zero-order valence-corrected chi connectivity index (χ0v) is 31.1. The van der Waals surface area contributed by atoms with Gasteiger partial charge in [-0.25, -0.2) is 30.3 Å². The van der Waals surface area contributed by atoms with Crippen LogP contribution in [-0.4, -0.2) is 103 Å². The highest BCUT2D eigenvalue weighted by molar-refractivity contribution is 15.0. The minimum Gasteiger partial charge on any atom is -0.464 e. The molecule has 0 bridgehead atoms. The van der Waals surface area contributed by atoms with Crippen LogP contribution in [0.3, 0.4) is 0 Å². The summed E-state index contributed by atoms with van der Waals surface area (Å²) in [5, 5.41) is 13.6. The molecule has 0 aliphatic heterocycles. The lowest BCUT2D eigenvalue weighted by Gasteiger charge is -2.02. The molecule has 1 rings (SSSR count). The zero-order valence-electron chi connectivity index (χ0n) is 26.8. The number of aliphatic hydroxyl groups excluding tert-OH is 1. The Morgan fingerprint density at radius 3 is 1.78 bits per heavy atom. The number of ether oxygens (including phenoxy) is 4. The quantitative estimate of drug-likeness (QED) is 0.0221. The maximum Gasteiger partial charge on any atom is 0.343 e. The van der Waals surface area contributed by atoms with E-state index >= 15 is 0 Å². The molecule has 0 aliphatic rings. The van der Waals surface area contributed by atoms with Crippen LogP contribution in [0.25, 0.3) is 0 Å². The summed E-state index contributed by atoms with van der Waals surface area (Å²) >= 11 is 4.24. The first-order chi connectivity index (χ1) is 20.2. The van der Waals surface area contributed by atoms with Crippen molar-refractivity contribution in [3.8, 4) is 0 Å². The van der Waals surface area contributed by atoms with Gasteiger partial charge in [-0.1, -0.05) is 34.1 Å². The van der Waals surface area contributed by atoms with Gasteiger partial charge in [0.15, 0.2) is 5.82 Å². The van der Waals surface area contributed by atoms with Crippen molar-refractivity contribution in [2.75, 3.05) is 53.8 Å². The summed E-state index contributed by atoms with van der Waals surface area (Å²) in [5.41, 5.74) is 1.76. The number of H-pyrrole nitrogens is 1. The molecule has 0 fully saturated rings. The van der Waals surface area contributed by atoms with Crippen LogP contribution in [0.2, 0.25) is 0 Å². The number of methoxy groups -OCH3 is 1. The second-order valence-corrected chi connectivity index (χ2v) is 6.75. The number of hydrogen-bond acceptors (Lipinski definition) is 14. The smallest absolute Gasteiger partial charge is 0.343 e. The van der Waals surface area contributed by atoms with Crippen molar-refractivity contribution < 1.29 is 49.4 Å². The number of nitrogens with zero attached hydrogens (tertiary/aromatic N) is 3. The van der Waals surface area contributed by atoms with Crippen LogP contribution in [0.4, 0.5) is 0 Å². The molecule has 1 aromatic heterocycles. The van der Waals surface area contributed by atoms with E-state index in [1.807, 2.05) is 5.43 Å². The van der Waals surface area contributed by atoms with E-state index in [1.54, 1.807) is 28.0 Å². The molecule has 276 valence electrons. The second-order valence-electron chi connectivity index (χ2n) is 6.75. The molecular formula is C24H60I2N8O11. The van der Waals surface area contributed by atoms with Crippen molar-refractivity contribution in [2.45, 2.75) is 67.4 Å². The van der Waals surface area contributed by atoms with Gasteiger partial charge in [0.2, 0.25) is 6.08 Å². The third-order valence-electron chi connectivity index (χ3n) is 3.54. The largest absolute Gasteiger partial charge is 0.464 e. The Labute approximate surface area is 290 Å². The Morgan fingerprint density at radius 2 is 1.49 bits per heavy atom. The first-order valence-corrected chi connectivity index (χ1v) is 18.9. The van der Waals surface area contributed by atoms with Gasteiger partial charge in [0, 0.05) is 78.3 Å². The van der Waals surface area contributed by atoms with Crippen molar-refractivity contribution in [3.63, 3.8) is 0 Å². The monoisotopic (exact) mass is 890 g/mol. The van der Waals surface area contributed by atoms with Gasteiger partial charge < -0.3 is 35.0 Å². The molecule has 0 aliphatic carbocycles. The van der Waals surface area contributed by atoms with Crippen molar-refractivity contribution in [1.29, 1.82) is 0 Å². The summed E-state index contributed by atoms with van der Waals surface area (Å²) in [7, 11) is 4.58. The highest BCUT2D eigenvalue weighted by Crippen LogP contribution is 1.89. The first kappa shape index (κ1) is 65.9. The predicted octanol–water partition coefficient (Wildman–Crippen LogP) is -0.0585. The number of carbonyl (C=O) groups excluding carboxylic acids is 3. The lowest BCUT2D eigenvalue weighted by atomic mass is 10.4. The average molecular weight is 891 g/mol. The number of aromatic nitrogens is 3. The van der Waals surface area contributed by atoms with Crippen LogP contribution in [-0.2, 0) is 47.0 Å². The Kier molecular flexibility index (Phi) is 95.4. The number of unbranched alkanes of at least 4 members (excludes halogenated alkanes) is 2. The van der Waals surface area contributed by atoms with E-state index in [0.29, 0.717) is 32.3 Å². The van der Waals surface area contributed by atoms with Crippen LogP contribution in [0.15, 0.2) is 9.79 Å². The SMILES string of the molecule is C.CCCCOCC(=O)NN.CCCCOCC(=O)OCC.CCO.CN=C=O.COCc1n[nH]c(=O)n1C.II.NN.O.O. The number of amides is 1. The summed E-state index contributed by atoms with van der Waals surface area (Å²) in [4.78, 5) is 43.6. The minimum absolute atomic E-state index is 0. The van der Waals surface area contributed by atoms with Gasteiger partial charge in [0.1, 0.15) is 19.8 Å². The molecule has 0 saturated heterocycles. The van der Waals surface area contributed by atoms with E-state index in [2.05, 4.69) is 82.7 Å². The summed E-state index contributed by atoms with van der Waals surface area (Å²) in [6, 6.07) is 0. The van der Waals surface area contributed by atoms with E-state index < -0.39 is 0 Å². The molecule has 13 N–H and O–H groups in total. The topological polar surface area (TPSA) is 324 Å². The lowest BCUT2D eigenvalue weighted by Crippen LogP contribution is -2.33. The molecular weight excluding hydrogens is 830 g/mol. The minimum atomic E-state index is -0.281. The maximum absolute atomic E-state index is 10.7. The number of aliphatic imine (C=N–C) groups is 1. The van der Waals surface area contributed by atoms with Gasteiger partial charge in [0.05, 0.1) is 6.61 Å². The number of aromatic amines is 1. The number of nitrogens with two attached hydrogens (primary N) is 3. The van der Waals surface area contributed by atoms with E-state index in [9.17, 15) is 14.4 Å². The highest BCUT2D eigenvalue weighted by atomic mass is 128. The second kappa shape index (κ2) is 65.1. The highest BCUT2D eigenvalue weighted by Gasteiger charge is 2.01. The third-order valence-corrected chi connectivity index (χ3v) is 3.54. The number of rotatable bonds is 13. The van der Waals surface area contributed by atoms with Crippen LogP contribution in [0, 0.1) is 0 Å². The molecule has 0 unspecified atom stereocenters. The van der Waals surface area contributed by atoms with E-state index in [0.717, 1.165) is 25.7 Å². The fourth-order valence-electron chi connectivity index (χ4n) is 1.70. The Balaban J connectivity index is -0.0000000516. The number of aliphatic hydroxyl groups is 1. The Bertz CT molecular complexity index is 772. The fraction of sp³-hybridized carbons (Fsp3) is 0.792. The van der Waals surface area contributed by atoms with Gasteiger partial charge in [-0.3, -0.25) is 26.5 Å². The maximum atomic E-state index is 10.7. The summed E-state index contributed by atoms with van der Waals surface area (Å²) in [5.74, 6) is 12.9. The third kappa shape index (κ3) is 65.9. The van der Waals surface area contributed by atoms with Crippen LogP contribution in [0.1, 0.15) is 66.6 Å². The number of halogens is 2. The van der Waals surface area contributed by atoms with Gasteiger partial charge in [-0.05, 0) is 26.7 Å². The number of esters is 1. The molecule has 0 radical (unpaired) electrons. The average Bonchev–Trinajstić information content (AvgIpc) is 3.33. The van der Waals surface area contributed by atoms with Gasteiger partial charge in [-0.15, -0.1) is 0 Å². The van der Waals surface area contributed by atoms with Crippen molar-refractivity contribution in [3.05, 3.63) is 16.3 Å². The number of hydrogen-bond donors (Lipinski definition) is 6. The Morgan fingerprint density at radius 1 is 1.07 bits per heavy atom. The standard InChI is InChI=1S/C8H16O3.C6H14N2O2.C5H9N3O2.C2H3NO.C2H6O.CH4.I2.H4N2.2H2O/c1-3-5-6-10-7-8(9)11-4-2;1-2-3-4-10-5-6(9)8-7;1-8-4(3-10-2)6-7-5(8)9;1-3-2-4;1-2-3;;2*1-2;;/h3-7H2,1-2H3;2-5,7H2,1H3,(H,8,9);3H2,1-2H3,(H,7,9);1H3;3H,2H2,1H3;1H4;;1-2H2;2*1H2. The first-order valence-electron chi connectivity index (χ1n) is 12.6. The van der Waals surface area contributed by atoms with Crippen molar-refractivity contribution >= 4 is 55.2 Å². The molecule has 0 saturated carbocycles. The molecule has 0 spiro atoms. The molecule has 45 heavy (non-hydrogen) atoms. The molecule has 0 aromatic carbocycles. The summed E-state index contributed by atoms with van der Waals surface area (Å²) < 4.78 is 20.8. The molecule has 1 heterocycles. The van der Waals surface area contributed by atoms with Crippen molar-refractivity contribution in [1.82, 2.24) is 20.2 Å². The van der Waals surface area contributed by atoms with Gasteiger partial charge in [0.25, 0.3) is 5.91 Å². The van der Waals surface area contributed by atoms with Crippen LogP contribution < -0.4 is 28.6 Å². The number of hydrazine groups is 2. The zero-order chi connectivity index (χ0) is 34.0. The molecule has 21 heteroatoms. The number of isocyanates is 1. The molecule has 1 amide bonds. The van der Waals surface area contributed by atoms with Gasteiger partial charge in [-0.2, -0.15) is 5.10 Å². The van der Waals surface area contributed by atoms with Crippen LogP contribution >= 0.6 is 37.2 Å². The van der Waals surface area contributed by atoms with E-state index in [-0.39, 0.29) is 55.8 Å². The van der Waals surface area contributed by atoms with Gasteiger partial charge >= 0.3 is 11.7 Å². The van der Waals surface area contributed by atoms with E-state index in [4.69, 9.17) is 30.0 Å². The number of nitrogens with one attached hydrogen (secondary N) is 2. The summed E-state index contributed by atoms with van der Waals surface area (Å²) in [6.45, 7) is 10.1. The predicted molar refractivity (Wildman–Crippen MR) is 192 cm³/mol.